The molecule has 0 fully saturated rings. The summed E-state index contributed by atoms with van der Waals surface area (Å²) in [4.78, 5) is 18.5. The van der Waals surface area contributed by atoms with Crippen LogP contribution in [0.3, 0.4) is 0 Å². The standard InChI is InChI=1S/C23H17N3O3S2/c27-22(25-23-24-21-19-9-5-4-6-16(19)14-20(21)30-23)15-10-12-17(13-11-15)26-31(28,29)18-7-2-1-3-8-18/h1-13,26H,14H2,(H,24,25,27). The Morgan fingerprint density at radius 1 is 0.903 bits per heavy atom. The number of hydrogen-bond acceptors (Lipinski definition) is 5. The number of nitrogens with zero attached hydrogens (tertiary/aromatic N) is 1. The second kappa shape index (κ2) is 7.64. The molecule has 0 bridgehead atoms. The molecule has 5 rings (SSSR count). The molecule has 0 atom stereocenters. The van der Waals surface area contributed by atoms with Crippen molar-refractivity contribution in [3.63, 3.8) is 0 Å². The Morgan fingerprint density at radius 3 is 2.39 bits per heavy atom. The number of sulfonamides is 1. The van der Waals surface area contributed by atoms with Gasteiger partial charge in [-0.25, -0.2) is 13.4 Å². The Labute approximate surface area is 183 Å². The van der Waals surface area contributed by atoms with Crippen LogP contribution in [0.5, 0.6) is 0 Å². The molecule has 1 heterocycles. The van der Waals surface area contributed by atoms with Crippen LogP contribution < -0.4 is 10.0 Å². The summed E-state index contributed by atoms with van der Waals surface area (Å²) in [5.74, 6) is -0.293. The van der Waals surface area contributed by atoms with Gasteiger partial charge in [-0.2, -0.15) is 0 Å². The number of anilines is 2. The SMILES string of the molecule is O=C(Nc1nc2c(s1)Cc1ccccc1-2)c1ccc(NS(=O)(=O)c2ccccc2)cc1. The molecule has 6 nitrogen and oxygen atoms in total. The van der Waals surface area contributed by atoms with E-state index in [1.165, 1.54) is 29.0 Å². The predicted molar refractivity (Wildman–Crippen MR) is 122 cm³/mol. The van der Waals surface area contributed by atoms with E-state index in [-0.39, 0.29) is 10.8 Å². The second-order valence-corrected chi connectivity index (χ2v) is 9.84. The van der Waals surface area contributed by atoms with Gasteiger partial charge in [0.25, 0.3) is 15.9 Å². The predicted octanol–water partition coefficient (Wildman–Crippen LogP) is 4.77. The van der Waals surface area contributed by atoms with Crippen LogP contribution in [0.4, 0.5) is 10.8 Å². The molecule has 1 amide bonds. The van der Waals surface area contributed by atoms with E-state index in [0.29, 0.717) is 16.4 Å². The number of carbonyl (C=O) groups is 1. The van der Waals surface area contributed by atoms with Gasteiger partial charge in [0.05, 0.1) is 10.6 Å². The van der Waals surface area contributed by atoms with Gasteiger partial charge in [0.2, 0.25) is 0 Å². The Morgan fingerprint density at radius 2 is 1.61 bits per heavy atom. The van der Waals surface area contributed by atoms with Crippen LogP contribution in [0.1, 0.15) is 20.8 Å². The number of rotatable bonds is 5. The third-order valence-electron chi connectivity index (χ3n) is 4.99. The normalized spacial score (nSPS) is 12.1. The topological polar surface area (TPSA) is 88.2 Å². The highest BCUT2D eigenvalue weighted by molar-refractivity contribution is 7.92. The van der Waals surface area contributed by atoms with Gasteiger partial charge in [-0.05, 0) is 42.0 Å². The molecule has 1 aliphatic carbocycles. The second-order valence-electron chi connectivity index (χ2n) is 7.07. The monoisotopic (exact) mass is 447 g/mol. The highest BCUT2D eigenvalue weighted by Gasteiger charge is 2.23. The van der Waals surface area contributed by atoms with E-state index in [1.807, 2.05) is 18.2 Å². The van der Waals surface area contributed by atoms with Crippen molar-refractivity contribution in [1.29, 1.82) is 0 Å². The zero-order chi connectivity index (χ0) is 21.4. The number of hydrogen-bond donors (Lipinski definition) is 2. The lowest BCUT2D eigenvalue weighted by Crippen LogP contribution is -2.14. The fourth-order valence-corrected chi connectivity index (χ4v) is 5.56. The van der Waals surface area contributed by atoms with Gasteiger partial charge in [-0.3, -0.25) is 14.8 Å². The largest absolute Gasteiger partial charge is 0.298 e. The van der Waals surface area contributed by atoms with Gasteiger partial charge < -0.3 is 0 Å². The minimum atomic E-state index is -3.68. The Hall–Kier alpha value is -3.49. The lowest BCUT2D eigenvalue weighted by atomic mass is 10.1. The highest BCUT2D eigenvalue weighted by Crippen LogP contribution is 2.40. The first-order valence-electron chi connectivity index (χ1n) is 9.57. The van der Waals surface area contributed by atoms with Crippen LogP contribution in [0.15, 0.2) is 83.8 Å². The van der Waals surface area contributed by atoms with Gasteiger partial charge in [-0.1, -0.05) is 42.5 Å². The van der Waals surface area contributed by atoms with Crippen LogP contribution in [0.25, 0.3) is 11.3 Å². The molecule has 4 aromatic rings. The van der Waals surface area contributed by atoms with Crippen LogP contribution in [-0.2, 0) is 16.4 Å². The van der Waals surface area contributed by atoms with Crippen LogP contribution >= 0.6 is 11.3 Å². The number of nitrogens with one attached hydrogen (secondary N) is 2. The molecular weight excluding hydrogens is 430 g/mol. The van der Waals surface area contributed by atoms with Gasteiger partial charge >= 0.3 is 0 Å². The Kier molecular flexibility index (Phi) is 4.80. The Bertz CT molecular complexity index is 1380. The summed E-state index contributed by atoms with van der Waals surface area (Å²) in [6, 6.07) is 22.5. The summed E-state index contributed by atoms with van der Waals surface area (Å²) < 4.78 is 27.4. The van der Waals surface area contributed by atoms with Crippen LogP contribution in [0.2, 0.25) is 0 Å². The average molecular weight is 448 g/mol. The number of fused-ring (bicyclic) bond motifs is 3. The molecule has 2 N–H and O–H groups in total. The van der Waals surface area contributed by atoms with E-state index in [2.05, 4.69) is 21.1 Å². The van der Waals surface area contributed by atoms with Crippen LogP contribution in [0, 0.1) is 0 Å². The smallest absolute Gasteiger partial charge is 0.261 e. The van der Waals surface area contributed by atoms with E-state index < -0.39 is 10.0 Å². The first kappa shape index (κ1) is 19.5. The molecule has 31 heavy (non-hydrogen) atoms. The average Bonchev–Trinajstić information content (AvgIpc) is 3.32. The van der Waals surface area contributed by atoms with Gasteiger partial charge in [0.15, 0.2) is 5.13 Å². The van der Waals surface area contributed by atoms with E-state index >= 15 is 0 Å². The number of amides is 1. The summed E-state index contributed by atoms with van der Waals surface area (Å²) in [5.41, 5.74) is 4.09. The first-order valence-corrected chi connectivity index (χ1v) is 11.9. The molecule has 0 radical (unpaired) electrons. The van der Waals surface area contributed by atoms with Crippen molar-refractivity contribution in [2.24, 2.45) is 0 Å². The minimum Gasteiger partial charge on any atom is -0.298 e. The summed E-state index contributed by atoms with van der Waals surface area (Å²) in [6.45, 7) is 0. The first-order chi connectivity index (χ1) is 15.0. The maximum atomic E-state index is 12.6. The van der Waals surface area contributed by atoms with E-state index in [4.69, 9.17) is 0 Å². The number of benzene rings is 3. The summed E-state index contributed by atoms with van der Waals surface area (Å²) in [5, 5.41) is 3.40. The quantitative estimate of drug-likeness (QED) is 0.406. The van der Waals surface area contributed by atoms with Gasteiger partial charge in [0, 0.05) is 28.1 Å². The minimum absolute atomic E-state index is 0.176. The molecule has 0 saturated carbocycles. The molecular formula is C23H17N3O3S2. The fraction of sp³-hybridized carbons (Fsp3) is 0.0435. The zero-order valence-corrected chi connectivity index (χ0v) is 17.8. The van der Waals surface area contributed by atoms with E-state index in [0.717, 1.165) is 22.6 Å². The molecule has 154 valence electrons. The third-order valence-corrected chi connectivity index (χ3v) is 7.36. The van der Waals surface area contributed by atoms with Gasteiger partial charge in [-0.15, -0.1) is 11.3 Å². The number of thiazole rings is 1. The van der Waals surface area contributed by atoms with Crippen molar-refractivity contribution in [3.8, 4) is 11.3 Å². The third kappa shape index (κ3) is 3.83. The maximum absolute atomic E-state index is 12.6. The van der Waals surface area contributed by atoms with Crippen molar-refractivity contribution < 1.29 is 13.2 Å². The van der Waals surface area contributed by atoms with Crippen molar-refractivity contribution in [2.75, 3.05) is 10.0 Å². The molecule has 3 aromatic carbocycles. The summed E-state index contributed by atoms with van der Waals surface area (Å²) >= 11 is 1.48. The van der Waals surface area contributed by atoms with E-state index in [9.17, 15) is 13.2 Å². The molecule has 1 aliphatic rings. The van der Waals surface area contributed by atoms with Crippen molar-refractivity contribution in [1.82, 2.24) is 4.98 Å². The summed E-state index contributed by atoms with van der Waals surface area (Å²) in [7, 11) is -3.68. The molecule has 0 spiro atoms. The highest BCUT2D eigenvalue weighted by atomic mass is 32.2. The van der Waals surface area contributed by atoms with Gasteiger partial charge in [0.1, 0.15) is 0 Å². The number of carbonyl (C=O) groups excluding carboxylic acids is 1. The summed E-state index contributed by atoms with van der Waals surface area (Å²) in [6.07, 6.45) is 0.829. The fourth-order valence-electron chi connectivity index (χ4n) is 3.49. The van der Waals surface area contributed by atoms with Crippen LogP contribution in [-0.4, -0.2) is 19.3 Å². The molecule has 8 heteroatoms. The maximum Gasteiger partial charge on any atom is 0.261 e. The molecule has 0 saturated heterocycles. The van der Waals surface area contributed by atoms with E-state index in [1.54, 1.807) is 42.5 Å². The molecule has 1 aromatic heterocycles. The lowest BCUT2D eigenvalue weighted by Gasteiger charge is -2.09. The Balaban J connectivity index is 1.29. The van der Waals surface area contributed by atoms with Crippen molar-refractivity contribution >= 4 is 38.1 Å². The van der Waals surface area contributed by atoms with Crippen molar-refractivity contribution in [3.05, 3.63) is 94.9 Å². The lowest BCUT2D eigenvalue weighted by molar-refractivity contribution is 0.102. The zero-order valence-electron chi connectivity index (χ0n) is 16.2. The molecule has 0 unspecified atom stereocenters. The van der Waals surface area contributed by atoms with Crippen molar-refractivity contribution in [2.45, 2.75) is 11.3 Å². The molecule has 0 aliphatic heterocycles. The number of aromatic nitrogens is 1.